The molecule has 1 aromatic heterocycles. The van der Waals surface area contributed by atoms with E-state index in [1.165, 1.54) is 116 Å². The molecule has 0 saturated carbocycles. The van der Waals surface area contributed by atoms with Crippen LogP contribution < -0.4 is 0 Å². The van der Waals surface area contributed by atoms with Gasteiger partial charge in [0, 0.05) is 22.4 Å². The lowest BCUT2D eigenvalue weighted by atomic mass is 9.82. The zero-order valence-electron chi connectivity index (χ0n) is 38.6. The van der Waals surface area contributed by atoms with Gasteiger partial charge < -0.3 is 4.57 Å². The van der Waals surface area contributed by atoms with Gasteiger partial charge in [-0.05, 0) is 124 Å². The molecule has 328 valence electrons. The molecule has 1 unspecified atom stereocenters. The Morgan fingerprint density at radius 1 is 0.243 bits per heavy atom. The van der Waals surface area contributed by atoms with E-state index >= 15 is 0 Å². The van der Waals surface area contributed by atoms with Gasteiger partial charge in [-0.3, -0.25) is 0 Å². The van der Waals surface area contributed by atoms with Crippen LogP contribution in [0.1, 0.15) is 22.6 Å². The minimum Gasteiger partial charge on any atom is -0.309 e. The van der Waals surface area contributed by atoms with Gasteiger partial charge in [-0.25, -0.2) is 0 Å². The molecule has 1 atom stereocenters. The Morgan fingerprint density at radius 2 is 0.757 bits per heavy atom. The van der Waals surface area contributed by atoms with Gasteiger partial charge in [-0.2, -0.15) is 0 Å². The molecule has 12 aromatic carbocycles. The lowest BCUT2D eigenvalue weighted by molar-refractivity contribution is 0.978. The number of fused-ring (bicyclic) bond motifs is 5. The van der Waals surface area contributed by atoms with Crippen molar-refractivity contribution in [3.63, 3.8) is 0 Å². The van der Waals surface area contributed by atoms with Crippen LogP contribution in [0.15, 0.2) is 279 Å². The van der Waals surface area contributed by atoms with E-state index in [-0.39, 0.29) is 5.92 Å². The lowest BCUT2D eigenvalue weighted by Crippen LogP contribution is -2.04. The van der Waals surface area contributed by atoms with E-state index in [0.717, 1.165) is 5.69 Å². The van der Waals surface area contributed by atoms with Crippen molar-refractivity contribution in [2.45, 2.75) is 5.92 Å². The molecule has 0 aliphatic carbocycles. The van der Waals surface area contributed by atoms with Crippen molar-refractivity contribution in [1.82, 2.24) is 4.57 Å². The number of hydrogen-bond donors (Lipinski definition) is 0. The minimum atomic E-state index is -0.00770. The first kappa shape index (κ1) is 41.2. The van der Waals surface area contributed by atoms with E-state index in [4.69, 9.17) is 0 Å². The highest BCUT2D eigenvalue weighted by molar-refractivity contribution is 6.16. The number of hydrogen-bond acceptors (Lipinski definition) is 0. The van der Waals surface area contributed by atoms with Crippen LogP contribution in [0.25, 0.3) is 105 Å². The molecule has 13 rings (SSSR count). The fraction of sp³-hybridized carbons (Fsp3) is 0.0145. The summed E-state index contributed by atoms with van der Waals surface area (Å²) in [5, 5.41) is 7.53. The second-order valence-corrected chi connectivity index (χ2v) is 18.4. The molecule has 70 heavy (non-hydrogen) atoms. The van der Waals surface area contributed by atoms with Crippen LogP contribution >= 0.6 is 0 Å². The van der Waals surface area contributed by atoms with Crippen LogP contribution in [0, 0.1) is 0 Å². The summed E-state index contributed by atoms with van der Waals surface area (Å²) in [5.41, 5.74) is 19.4. The summed E-state index contributed by atoms with van der Waals surface area (Å²) in [5.74, 6) is -0.00770. The molecule has 1 heterocycles. The van der Waals surface area contributed by atoms with E-state index in [1.54, 1.807) is 0 Å². The lowest BCUT2D eigenvalue weighted by Gasteiger charge is -2.21. The largest absolute Gasteiger partial charge is 0.309 e. The van der Waals surface area contributed by atoms with E-state index in [2.05, 4.69) is 284 Å². The maximum atomic E-state index is 2.43. The van der Waals surface area contributed by atoms with Crippen molar-refractivity contribution >= 4 is 43.4 Å². The number of para-hydroxylation sites is 1. The van der Waals surface area contributed by atoms with Gasteiger partial charge in [0.1, 0.15) is 0 Å². The summed E-state index contributed by atoms with van der Waals surface area (Å²) in [6, 6.07) is 103. The topological polar surface area (TPSA) is 4.93 Å². The maximum absolute atomic E-state index is 2.43. The number of rotatable bonds is 9. The number of nitrogens with zero attached hydrogens (tertiary/aromatic N) is 1. The maximum Gasteiger partial charge on any atom is 0.0547 e. The van der Waals surface area contributed by atoms with Gasteiger partial charge >= 0.3 is 0 Å². The Hall–Kier alpha value is -9.04. The SMILES string of the molecule is c1ccc(-c2ccc3c4c(-c5cccc(C(c6ccc(-c7ccc(-c8cccc9ccccc89)cc7)cc6)c6ccc(-c7ccc8ccccc8c7)cc6)c5)cccc4n(-c4ccccc4)c3c2)cc1. The highest BCUT2D eigenvalue weighted by Crippen LogP contribution is 2.42. The highest BCUT2D eigenvalue weighted by Gasteiger charge is 2.21. The first-order valence-electron chi connectivity index (χ1n) is 24.3. The molecule has 0 spiro atoms. The molecule has 0 aliphatic rings. The fourth-order valence-corrected chi connectivity index (χ4v) is 10.9. The van der Waals surface area contributed by atoms with E-state index < -0.39 is 0 Å². The summed E-state index contributed by atoms with van der Waals surface area (Å²) in [7, 11) is 0. The zero-order valence-corrected chi connectivity index (χ0v) is 38.6. The molecular weight excluding hydrogens is 843 g/mol. The molecule has 0 aliphatic heterocycles. The second kappa shape index (κ2) is 17.6. The molecule has 1 nitrogen and oxygen atoms in total. The van der Waals surface area contributed by atoms with E-state index in [9.17, 15) is 0 Å². The Kier molecular flexibility index (Phi) is 10.3. The molecule has 0 saturated heterocycles. The molecule has 0 radical (unpaired) electrons. The third kappa shape index (κ3) is 7.46. The highest BCUT2D eigenvalue weighted by atomic mass is 15.0. The molecule has 0 bridgehead atoms. The summed E-state index contributed by atoms with van der Waals surface area (Å²) in [6.45, 7) is 0. The van der Waals surface area contributed by atoms with E-state index in [0.29, 0.717) is 0 Å². The minimum absolute atomic E-state index is 0.00770. The molecule has 0 fully saturated rings. The monoisotopic (exact) mass is 889 g/mol. The summed E-state index contributed by atoms with van der Waals surface area (Å²) >= 11 is 0. The van der Waals surface area contributed by atoms with Crippen molar-refractivity contribution in [2.24, 2.45) is 0 Å². The van der Waals surface area contributed by atoms with Crippen molar-refractivity contribution in [1.29, 1.82) is 0 Å². The van der Waals surface area contributed by atoms with Gasteiger partial charge in [0.05, 0.1) is 11.0 Å². The van der Waals surface area contributed by atoms with Crippen LogP contribution in [-0.2, 0) is 0 Å². The molecule has 1 heteroatoms. The molecular formula is C69H47N. The van der Waals surface area contributed by atoms with Crippen molar-refractivity contribution < 1.29 is 0 Å². The van der Waals surface area contributed by atoms with Crippen LogP contribution in [-0.4, -0.2) is 4.57 Å². The molecule has 13 aromatic rings. The third-order valence-electron chi connectivity index (χ3n) is 14.3. The van der Waals surface area contributed by atoms with Crippen LogP contribution in [0.5, 0.6) is 0 Å². The van der Waals surface area contributed by atoms with Gasteiger partial charge in [-0.1, -0.05) is 249 Å². The second-order valence-electron chi connectivity index (χ2n) is 18.4. The van der Waals surface area contributed by atoms with Crippen LogP contribution in [0.4, 0.5) is 0 Å². The van der Waals surface area contributed by atoms with Crippen LogP contribution in [0.2, 0.25) is 0 Å². The zero-order chi connectivity index (χ0) is 46.4. The van der Waals surface area contributed by atoms with Gasteiger partial charge in [0.15, 0.2) is 0 Å². The number of benzene rings is 12. The van der Waals surface area contributed by atoms with Gasteiger partial charge in [-0.15, -0.1) is 0 Å². The Morgan fingerprint density at radius 3 is 1.51 bits per heavy atom. The molecule has 0 amide bonds. The van der Waals surface area contributed by atoms with Crippen molar-refractivity contribution in [3.8, 4) is 61.3 Å². The average molecular weight is 890 g/mol. The third-order valence-corrected chi connectivity index (χ3v) is 14.3. The van der Waals surface area contributed by atoms with Gasteiger partial charge in [0.2, 0.25) is 0 Å². The predicted octanol–water partition coefficient (Wildman–Crippen LogP) is 18.6. The summed E-state index contributed by atoms with van der Waals surface area (Å²) in [4.78, 5) is 0. The van der Waals surface area contributed by atoms with E-state index in [1.807, 2.05) is 0 Å². The average Bonchev–Trinajstić information content (AvgIpc) is 3.78. The quantitative estimate of drug-likeness (QED) is 0.127. The normalized spacial score (nSPS) is 11.9. The Balaban J connectivity index is 0.915. The molecule has 0 N–H and O–H groups in total. The van der Waals surface area contributed by atoms with Crippen molar-refractivity contribution in [2.75, 3.05) is 0 Å². The first-order valence-corrected chi connectivity index (χ1v) is 24.3. The standard InChI is InChI=1S/C69H47N/c1-3-14-47(15-4-1)58-42-43-65-67(46-58)70(61-22-5-2-6-23-61)66-27-13-26-64(69(65)66)59-20-11-21-60(45-59)68(55-39-32-51(33-40-55)57-41-34-48-16-7-8-18-56(48)44-57)54-37-30-50(31-38-54)49-28-35-53(36-29-49)63-25-12-19-52-17-9-10-24-62(52)63/h1-46,68H. The Labute approximate surface area is 408 Å². The van der Waals surface area contributed by atoms with Crippen LogP contribution in [0.3, 0.4) is 0 Å². The Bertz CT molecular complexity index is 4010. The van der Waals surface area contributed by atoms with Gasteiger partial charge in [0.25, 0.3) is 0 Å². The number of aromatic nitrogens is 1. The summed E-state index contributed by atoms with van der Waals surface area (Å²) in [6.07, 6.45) is 0. The van der Waals surface area contributed by atoms with Crippen molar-refractivity contribution in [3.05, 3.63) is 296 Å². The summed E-state index contributed by atoms with van der Waals surface area (Å²) < 4.78 is 2.43. The predicted molar refractivity (Wildman–Crippen MR) is 297 cm³/mol. The smallest absolute Gasteiger partial charge is 0.0547 e. The first-order chi connectivity index (χ1) is 34.7. The fourth-order valence-electron chi connectivity index (χ4n) is 10.9.